The van der Waals surface area contributed by atoms with Crippen LogP contribution in [0.15, 0.2) is 35.4 Å². The molecule has 3 saturated heterocycles. The van der Waals surface area contributed by atoms with Crippen molar-refractivity contribution >= 4 is 11.7 Å². The van der Waals surface area contributed by atoms with Crippen LogP contribution in [0.1, 0.15) is 40.0 Å². The molecule has 186 valence electrons. The van der Waals surface area contributed by atoms with Gasteiger partial charge < -0.3 is 34.5 Å². The highest BCUT2D eigenvalue weighted by Crippen LogP contribution is 2.85. The van der Waals surface area contributed by atoms with Crippen molar-refractivity contribution in [1.29, 1.82) is 0 Å². The SMILES string of the molecule is CC(C)[C@]12O[C@H]1[C@@H]1O[C@]13[C@]1(O[C@H]1C[C@H]1C4=C(CC[C@@]13C)C(=O)OC4)[C@]2(O)CNc1ccc(O)cc1. The number of rotatable bonds is 4. The van der Waals surface area contributed by atoms with Gasteiger partial charge in [0.25, 0.3) is 0 Å². The molecule has 35 heavy (non-hydrogen) atoms. The number of phenolic OH excluding ortho intramolecular Hbond substituents is 1. The van der Waals surface area contributed by atoms with Crippen LogP contribution in [0.3, 0.4) is 0 Å². The number of cyclic esters (lactones) is 1. The van der Waals surface area contributed by atoms with Crippen molar-refractivity contribution in [3.8, 4) is 5.75 Å². The number of aliphatic hydroxyl groups is 1. The largest absolute Gasteiger partial charge is 0.508 e. The molecule has 0 amide bonds. The molecule has 1 aromatic rings. The Bertz CT molecular complexity index is 1210. The van der Waals surface area contributed by atoms with E-state index in [0.717, 1.165) is 29.7 Å². The molecule has 3 aliphatic carbocycles. The second-order valence-corrected chi connectivity index (χ2v) is 12.1. The van der Waals surface area contributed by atoms with Crippen molar-refractivity contribution in [2.45, 2.75) is 80.7 Å². The number of benzene rings is 1. The van der Waals surface area contributed by atoms with Gasteiger partial charge in [-0.15, -0.1) is 0 Å². The molecular formula is C27H31NO7. The minimum atomic E-state index is -1.32. The Morgan fingerprint density at radius 2 is 1.89 bits per heavy atom. The Morgan fingerprint density at radius 3 is 2.63 bits per heavy atom. The van der Waals surface area contributed by atoms with Gasteiger partial charge in [0.2, 0.25) is 0 Å². The van der Waals surface area contributed by atoms with E-state index in [9.17, 15) is 15.0 Å². The number of aromatic hydroxyl groups is 1. The molecule has 8 rings (SSSR count). The number of epoxide rings is 3. The highest BCUT2D eigenvalue weighted by Gasteiger charge is 3.04. The molecule has 0 unspecified atom stereocenters. The lowest BCUT2D eigenvalue weighted by molar-refractivity contribution is -0.159. The van der Waals surface area contributed by atoms with E-state index in [1.165, 1.54) is 0 Å². The molecule has 0 aromatic heterocycles. The smallest absolute Gasteiger partial charge is 0.334 e. The molecule has 9 atom stereocenters. The van der Waals surface area contributed by atoms with Crippen LogP contribution in [-0.2, 0) is 23.7 Å². The summed E-state index contributed by atoms with van der Waals surface area (Å²) in [5, 5.41) is 25.9. The first-order valence-electron chi connectivity index (χ1n) is 12.8. The zero-order valence-electron chi connectivity index (χ0n) is 20.2. The van der Waals surface area contributed by atoms with Gasteiger partial charge in [-0.3, -0.25) is 0 Å². The number of hydrogen-bond donors (Lipinski definition) is 3. The van der Waals surface area contributed by atoms with Crippen LogP contribution in [0.5, 0.6) is 5.75 Å². The fourth-order valence-electron chi connectivity index (χ4n) is 9.16. The van der Waals surface area contributed by atoms with Crippen LogP contribution in [0.2, 0.25) is 0 Å². The highest BCUT2D eigenvalue weighted by atomic mass is 16.7. The third kappa shape index (κ3) is 1.98. The van der Waals surface area contributed by atoms with Crippen LogP contribution in [-0.4, -0.2) is 70.1 Å². The third-order valence-electron chi connectivity index (χ3n) is 10.8. The fourth-order valence-corrected chi connectivity index (χ4v) is 9.16. The Morgan fingerprint density at radius 1 is 1.11 bits per heavy atom. The van der Waals surface area contributed by atoms with E-state index in [-0.39, 0.29) is 53.8 Å². The second kappa shape index (κ2) is 5.88. The molecule has 4 aliphatic heterocycles. The molecule has 8 nitrogen and oxygen atoms in total. The van der Waals surface area contributed by atoms with Gasteiger partial charge >= 0.3 is 5.97 Å². The average Bonchev–Trinajstić information content (AvgIpc) is 3.72. The van der Waals surface area contributed by atoms with Gasteiger partial charge in [-0.05, 0) is 60.9 Å². The van der Waals surface area contributed by atoms with Crippen molar-refractivity contribution in [2.24, 2.45) is 17.3 Å². The van der Waals surface area contributed by atoms with E-state index in [1.54, 1.807) is 24.3 Å². The Labute approximate surface area is 203 Å². The van der Waals surface area contributed by atoms with Gasteiger partial charge in [-0.1, -0.05) is 20.8 Å². The predicted molar refractivity (Wildman–Crippen MR) is 123 cm³/mol. The molecule has 4 heterocycles. The summed E-state index contributed by atoms with van der Waals surface area (Å²) < 4.78 is 25.3. The molecule has 5 fully saturated rings. The zero-order chi connectivity index (χ0) is 24.2. The molecule has 1 aromatic carbocycles. The Hall–Kier alpha value is -2.13. The van der Waals surface area contributed by atoms with Crippen molar-refractivity contribution in [1.82, 2.24) is 0 Å². The number of fused-ring (bicyclic) bond motifs is 4. The number of anilines is 1. The third-order valence-corrected chi connectivity index (χ3v) is 10.8. The van der Waals surface area contributed by atoms with E-state index in [0.29, 0.717) is 13.0 Å². The minimum absolute atomic E-state index is 0.0626. The van der Waals surface area contributed by atoms with E-state index in [2.05, 4.69) is 26.1 Å². The maximum atomic E-state index is 12.8. The first-order valence-corrected chi connectivity index (χ1v) is 12.8. The zero-order valence-corrected chi connectivity index (χ0v) is 20.2. The van der Waals surface area contributed by atoms with Gasteiger partial charge in [0.05, 0.1) is 6.10 Å². The molecule has 0 radical (unpaired) electrons. The van der Waals surface area contributed by atoms with E-state index < -0.39 is 22.4 Å². The van der Waals surface area contributed by atoms with Crippen molar-refractivity contribution in [2.75, 3.05) is 18.5 Å². The summed E-state index contributed by atoms with van der Waals surface area (Å²) in [6.07, 6.45) is 1.70. The molecule has 8 heteroatoms. The normalized spacial score (nSPS) is 51.9. The maximum absolute atomic E-state index is 12.8. The topological polar surface area (TPSA) is 116 Å². The maximum Gasteiger partial charge on any atom is 0.334 e. The molecule has 2 saturated carbocycles. The van der Waals surface area contributed by atoms with Gasteiger partial charge in [0, 0.05) is 23.2 Å². The van der Waals surface area contributed by atoms with Crippen LogP contribution < -0.4 is 5.32 Å². The van der Waals surface area contributed by atoms with E-state index in [4.69, 9.17) is 18.9 Å². The first kappa shape index (κ1) is 21.0. The van der Waals surface area contributed by atoms with Gasteiger partial charge in [-0.2, -0.15) is 0 Å². The number of phenols is 1. The number of carbonyl (C=O) groups excluding carboxylic acids is 1. The quantitative estimate of drug-likeness (QED) is 0.341. The van der Waals surface area contributed by atoms with Crippen molar-refractivity contribution in [3.63, 3.8) is 0 Å². The lowest BCUT2D eigenvalue weighted by Gasteiger charge is -2.56. The summed E-state index contributed by atoms with van der Waals surface area (Å²) in [5.74, 6) is 0.208. The monoisotopic (exact) mass is 481 g/mol. The van der Waals surface area contributed by atoms with Crippen LogP contribution >= 0.6 is 0 Å². The number of esters is 1. The average molecular weight is 482 g/mol. The Kier molecular flexibility index (Phi) is 3.53. The Balaban J connectivity index is 1.24. The summed E-state index contributed by atoms with van der Waals surface area (Å²) in [5.41, 5.74) is -1.15. The lowest BCUT2D eigenvalue weighted by atomic mass is 9.44. The molecule has 7 aliphatic rings. The van der Waals surface area contributed by atoms with Gasteiger partial charge in [0.1, 0.15) is 41.4 Å². The fraction of sp³-hybridized carbons (Fsp3) is 0.667. The second-order valence-electron chi connectivity index (χ2n) is 12.1. The summed E-state index contributed by atoms with van der Waals surface area (Å²) in [6, 6.07) is 6.86. The summed E-state index contributed by atoms with van der Waals surface area (Å²) in [4.78, 5) is 12.3. The minimum Gasteiger partial charge on any atom is -0.508 e. The van der Waals surface area contributed by atoms with Crippen LogP contribution in [0.25, 0.3) is 0 Å². The molecule has 2 spiro atoms. The van der Waals surface area contributed by atoms with Crippen molar-refractivity contribution in [3.05, 3.63) is 35.4 Å². The molecule has 0 bridgehead atoms. The molecular weight excluding hydrogens is 450 g/mol. The highest BCUT2D eigenvalue weighted by molar-refractivity contribution is 5.92. The van der Waals surface area contributed by atoms with Crippen LogP contribution in [0, 0.1) is 17.3 Å². The van der Waals surface area contributed by atoms with Crippen molar-refractivity contribution < 1.29 is 34.0 Å². The summed E-state index contributed by atoms with van der Waals surface area (Å²) >= 11 is 0. The van der Waals surface area contributed by atoms with Gasteiger partial charge in [0.15, 0.2) is 5.60 Å². The standard InChI is InChI=1S/C27H31NO7/c1-13(2)25-20(34-25)21-27(35-21)23(3)9-8-16-17(11-32-22(16)30)18(23)10-19-26(27,33-19)24(25,31)12-28-14-4-6-15(29)7-5-14/h4-7,13,18-21,28-29,31H,8-12H2,1-3H3/t18-,19-,20-,21-,23-,24-,25-,26+,27+/m0/s1. The number of hydrogen-bond acceptors (Lipinski definition) is 8. The van der Waals surface area contributed by atoms with Crippen LogP contribution in [0.4, 0.5) is 5.69 Å². The number of carbonyl (C=O) groups is 1. The van der Waals surface area contributed by atoms with E-state index in [1.807, 2.05) is 0 Å². The van der Waals surface area contributed by atoms with E-state index >= 15 is 0 Å². The molecule has 3 N–H and O–H groups in total. The predicted octanol–water partition coefficient (Wildman–Crippen LogP) is 2.29. The first-order chi connectivity index (χ1) is 16.7. The number of nitrogens with one attached hydrogen (secondary N) is 1. The van der Waals surface area contributed by atoms with Gasteiger partial charge in [-0.25, -0.2) is 4.79 Å². The summed E-state index contributed by atoms with van der Waals surface area (Å²) in [6.45, 7) is 7.07. The number of ether oxygens (including phenoxy) is 4. The summed E-state index contributed by atoms with van der Waals surface area (Å²) in [7, 11) is 0. The lowest BCUT2D eigenvalue weighted by Crippen LogP contribution is -2.77.